The second kappa shape index (κ2) is 2.41. The van der Waals surface area contributed by atoms with Crippen molar-refractivity contribution >= 4 is 0 Å². The van der Waals surface area contributed by atoms with E-state index in [-0.39, 0.29) is 0 Å². The Balaban J connectivity index is 2.92. The predicted molar refractivity (Wildman–Crippen MR) is 14.2 cm³/mol. The summed E-state index contributed by atoms with van der Waals surface area (Å²) in [5.41, 5.74) is 0. The summed E-state index contributed by atoms with van der Waals surface area (Å²) >= 11 is 0. The first-order valence-corrected chi connectivity index (χ1v) is 0.849. The molecule has 0 radical (unpaired) electrons. The fourth-order valence-corrected chi connectivity index (χ4v) is 0. The van der Waals surface area contributed by atoms with Gasteiger partial charge in [0.15, 0.2) is 0 Å². The van der Waals surface area contributed by atoms with E-state index in [2.05, 4.69) is 11.6 Å². The van der Waals surface area contributed by atoms with Gasteiger partial charge in [0.25, 0.3) is 0 Å². The van der Waals surface area contributed by atoms with E-state index in [1.54, 1.807) is 0 Å². The third kappa shape index (κ3) is 1.41. The van der Waals surface area contributed by atoms with Crippen LogP contribution in [0.1, 0.15) is 0 Å². The van der Waals surface area contributed by atoms with Crippen molar-refractivity contribution in [3.8, 4) is 0 Å². The molecule has 0 bridgehead atoms. The molecule has 0 unspecified atom stereocenters. The van der Waals surface area contributed by atoms with E-state index in [9.17, 15) is 0 Å². The first kappa shape index (κ1) is 3.41. The molecule has 0 aliphatic rings. The second-order valence-electron chi connectivity index (χ2n) is 0.288. The molecule has 0 aromatic rings. The summed E-state index contributed by atoms with van der Waals surface area (Å²) in [6.07, 6.45) is 0.944. The van der Waals surface area contributed by atoms with E-state index in [1.807, 2.05) is 0 Å². The SMILES string of the molecule is C=C[N+]#[O+]. The van der Waals surface area contributed by atoms with Gasteiger partial charge in [0.1, 0.15) is 0 Å². The summed E-state index contributed by atoms with van der Waals surface area (Å²) < 4.78 is 8.81. The van der Waals surface area contributed by atoms with Crippen LogP contribution in [0.3, 0.4) is 0 Å². The van der Waals surface area contributed by atoms with Crippen molar-refractivity contribution in [1.29, 1.82) is 0 Å². The molecule has 0 rings (SSSR count). The van der Waals surface area contributed by atoms with Crippen LogP contribution in [0.2, 0.25) is 0 Å². The predicted octanol–water partition coefficient (Wildman–Crippen LogP) is 0.849. The van der Waals surface area contributed by atoms with Gasteiger partial charge in [-0.3, -0.25) is 0 Å². The number of hydrogen-bond donors (Lipinski definition) is 0. The van der Waals surface area contributed by atoms with Gasteiger partial charge < -0.3 is 0 Å². The van der Waals surface area contributed by atoms with Gasteiger partial charge in [-0.15, -0.1) is 0 Å². The average molecular weight is 57.1 g/mol. The molecule has 0 aromatic heterocycles. The molecule has 4 heavy (non-hydrogen) atoms. The monoisotopic (exact) mass is 57.0 g/mol. The standard InChI is InChI=1S/C2H3NO/c1-2-3-4/h2H,1H2/q+2. The zero-order chi connectivity index (χ0) is 3.41. The minimum absolute atomic E-state index is 0.944. The van der Waals surface area contributed by atoms with Gasteiger partial charge in [-0.25, -0.2) is 0 Å². The van der Waals surface area contributed by atoms with Crippen molar-refractivity contribution in [1.82, 2.24) is 0 Å². The Morgan fingerprint density at radius 1 is 2.00 bits per heavy atom. The molecule has 0 fully saturated rings. The Morgan fingerprint density at radius 3 is 2.25 bits per heavy atom. The third-order valence-electron chi connectivity index (χ3n) is 0.0745. The molecule has 0 spiro atoms. The summed E-state index contributed by atoms with van der Waals surface area (Å²) in [4.78, 5) is 0. The molecule has 0 saturated carbocycles. The molecule has 0 aliphatic carbocycles. The van der Waals surface area contributed by atoms with Crippen LogP contribution in [0.15, 0.2) is 12.8 Å². The molecule has 0 amide bonds. The van der Waals surface area contributed by atoms with Gasteiger partial charge in [0.2, 0.25) is 0 Å². The van der Waals surface area contributed by atoms with Crippen LogP contribution in [0, 0.1) is 0 Å². The van der Waals surface area contributed by atoms with E-state index < -0.39 is 0 Å². The zero-order valence-electron chi connectivity index (χ0n) is 2.14. The number of nitrogens with zero attached hydrogens (tertiary/aromatic N) is 1. The van der Waals surface area contributed by atoms with Gasteiger partial charge >= 0.3 is 22.6 Å². The topological polar surface area (TPSA) is 24.3 Å². The maximum atomic E-state index is 8.81. The van der Waals surface area contributed by atoms with Gasteiger partial charge in [0.05, 0.1) is 0 Å². The molecular formula is C2H3NO+2. The summed E-state index contributed by atoms with van der Waals surface area (Å²) in [6.45, 7) is 3.00. The van der Waals surface area contributed by atoms with Crippen molar-refractivity contribution < 1.29 is 4.77 Å². The Kier molecular flexibility index (Phi) is 2.05. The normalized spacial score (nSPS) is 3.75. The van der Waals surface area contributed by atoms with Gasteiger partial charge in [-0.05, 0) is 0 Å². The molecular weight excluding hydrogens is 54.0 g/mol. The fourth-order valence-electron chi connectivity index (χ4n) is 0. The van der Waals surface area contributed by atoms with Crippen LogP contribution in [0.5, 0.6) is 0 Å². The van der Waals surface area contributed by atoms with E-state index in [0.29, 0.717) is 0 Å². The molecule has 0 aliphatic heterocycles. The Labute approximate surface area is 23.8 Å². The molecule has 0 N–H and O–H groups in total. The zero-order valence-corrected chi connectivity index (χ0v) is 2.14. The van der Waals surface area contributed by atoms with Crippen LogP contribution in [0.25, 0.3) is 5.04 Å². The van der Waals surface area contributed by atoms with E-state index in [4.69, 9.17) is 4.77 Å². The van der Waals surface area contributed by atoms with Crippen molar-refractivity contribution in [2.75, 3.05) is 0 Å². The van der Waals surface area contributed by atoms with E-state index >= 15 is 0 Å². The maximum absolute atomic E-state index is 8.81. The summed E-state index contributed by atoms with van der Waals surface area (Å²) in [5, 5.41) is 2.25. The Bertz CT molecular complexity index is 51.5. The van der Waals surface area contributed by atoms with E-state index in [1.165, 1.54) is 0 Å². The van der Waals surface area contributed by atoms with Gasteiger partial charge in [-0.2, -0.15) is 0 Å². The Morgan fingerprint density at radius 2 is 2.25 bits per heavy atom. The number of hydrogen-bond acceptors (Lipinski definition) is 0. The molecule has 20 valence electrons. The number of rotatable bonds is 0. The Hall–Kier alpha value is -0.590. The fraction of sp³-hybridized carbons (Fsp3) is 0. The summed E-state index contributed by atoms with van der Waals surface area (Å²) in [6, 6.07) is 0. The summed E-state index contributed by atoms with van der Waals surface area (Å²) in [5.74, 6) is 0. The van der Waals surface area contributed by atoms with Crippen molar-refractivity contribution in [2.45, 2.75) is 0 Å². The second-order valence-corrected chi connectivity index (χ2v) is 0.288. The minimum atomic E-state index is 0.944. The van der Waals surface area contributed by atoms with Crippen LogP contribution < -0.4 is 0 Å². The molecule has 0 saturated heterocycles. The molecule has 0 atom stereocenters. The first-order valence-electron chi connectivity index (χ1n) is 0.849. The van der Waals surface area contributed by atoms with Crippen molar-refractivity contribution in [2.24, 2.45) is 0 Å². The molecule has 2 nitrogen and oxygen atoms in total. The van der Waals surface area contributed by atoms with Gasteiger partial charge in [0, 0.05) is 0 Å². The van der Waals surface area contributed by atoms with Crippen LogP contribution in [-0.4, -0.2) is 0 Å². The molecule has 2 heteroatoms. The molecule has 0 heterocycles. The molecule has 0 aromatic carbocycles. The van der Waals surface area contributed by atoms with Crippen molar-refractivity contribution in [3.63, 3.8) is 0 Å². The van der Waals surface area contributed by atoms with Crippen LogP contribution >= 0.6 is 0 Å². The van der Waals surface area contributed by atoms with Crippen LogP contribution in [-0.2, 0) is 4.77 Å². The van der Waals surface area contributed by atoms with Crippen LogP contribution in [0.4, 0.5) is 0 Å². The first-order chi connectivity index (χ1) is 1.91. The van der Waals surface area contributed by atoms with Crippen molar-refractivity contribution in [3.05, 3.63) is 17.8 Å². The van der Waals surface area contributed by atoms with E-state index in [0.717, 1.165) is 6.20 Å². The third-order valence-corrected chi connectivity index (χ3v) is 0.0745. The van der Waals surface area contributed by atoms with Gasteiger partial charge in [-0.1, -0.05) is 0 Å². The average Bonchev–Trinajstić information content (AvgIpc) is 1.37. The quantitative estimate of drug-likeness (QED) is 0.368. The summed E-state index contributed by atoms with van der Waals surface area (Å²) in [7, 11) is 0.